The molecular formula is C22H34N2O3. The Morgan fingerprint density at radius 3 is 2.52 bits per heavy atom. The minimum absolute atomic E-state index is 0.254. The maximum absolute atomic E-state index is 13.1. The van der Waals surface area contributed by atoms with Gasteiger partial charge in [-0.05, 0) is 75.4 Å². The van der Waals surface area contributed by atoms with Gasteiger partial charge in [0.2, 0.25) is 5.91 Å². The van der Waals surface area contributed by atoms with Crippen molar-refractivity contribution in [3.8, 4) is 11.5 Å². The molecule has 2 unspecified atom stereocenters. The maximum Gasteiger partial charge on any atom is 0.227 e. The molecule has 0 bridgehead atoms. The Labute approximate surface area is 163 Å². The molecule has 5 heteroatoms. The first-order valence-corrected chi connectivity index (χ1v) is 10.3. The first-order valence-electron chi connectivity index (χ1n) is 10.3. The number of fused-ring (bicyclic) bond motifs is 1. The third-order valence-electron chi connectivity index (χ3n) is 6.25. The van der Waals surface area contributed by atoms with E-state index in [0.717, 1.165) is 43.7 Å². The lowest BCUT2D eigenvalue weighted by Gasteiger charge is -2.40. The first-order chi connectivity index (χ1) is 13.1. The molecule has 0 N–H and O–H groups in total. The van der Waals surface area contributed by atoms with Crippen LogP contribution in [0.25, 0.3) is 0 Å². The van der Waals surface area contributed by atoms with Crippen LogP contribution in [0, 0.1) is 0 Å². The largest absolute Gasteiger partial charge is 0.493 e. The fourth-order valence-electron chi connectivity index (χ4n) is 4.73. The van der Waals surface area contributed by atoms with Crippen LogP contribution >= 0.6 is 0 Å². The van der Waals surface area contributed by atoms with E-state index in [2.05, 4.69) is 23.8 Å². The molecule has 1 amide bonds. The number of carbonyl (C=O) groups excluding carboxylic acids is 1. The molecule has 0 radical (unpaired) electrons. The van der Waals surface area contributed by atoms with Gasteiger partial charge in [0.15, 0.2) is 11.5 Å². The monoisotopic (exact) mass is 374 g/mol. The first kappa shape index (κ1) is 20.0. The SMILES string of the molecule is CCCN(C)C1CCCC(N2CCc3cc(OC)c(OC)cc3CC2=O)C1. The highest BCUT2D eigenvalue weighted by Crippen LogP contribution is 2.34. The second-order valence-corrected chi connectivity index (χ2v) is 7.94. The van der Waals surface area contributed by atoms with Gasteiger partial charge in [-0.3, -0.25) is 4.79 Å². The lowest BCUT2D eigenvalue weighted by molar-refractivity contribution is -0.133. The van der Waals surface area contributed by atoms with Crippen LogP contribution in [0.4, 0.5) is 0 Å². The average Bonchev–Trinajstić information content (AvgIpc) is 2.84. The highest BCUT2D eigenvalue weighted by Gasteiger charge is 2.32. The number of hydrogen-bond acceptors (Lipinski definition) is 4. The molecule has 1 fully saturated rings. The number of amides is 1. The number of ether oxygens (including phenoxy) is 2. The highest BCUT2D eigenvalue weighted by molar-refractivity contribution is 5.80. The molecular weight excluding hydrogens is 340 g/mol. The third kappa shape index (κ3) is 4.40. The molecule has 2 aliphatic rings. The van der Waals surface area contributed by atoms with Crippen molar-refractivity contribution in [1.29, 1.82) is 0 Å². The molecule has 1 heterocycles. The number of rotatable bonds is 6. The summed E-state index contributed by atoms with van der Waals surface area (Å²) >= 11 is 0. The molecule has 2 atom stereocenters. The smallest absolute Gasteiger partial charge is 0.227 e. The Morgan fingerprint density at radius 1 is 1.15 bits per heavy atom. The third-order valence-corrected chi connectivity index (χ3v) is 6.25. The lowest BCUT2D eigenvalue weighted by Crippen LogP contribution is -2.48. The molecule has 0 aromatic heterocycles. The molecule has 3 rings (SSSR count). The van der Waals surface area contributed by atoms with Gasteiger partial charge in [0.05, 0.1) is 20.6 Å². The standard InChI is InChI=1S/C22H34N2O3/c1-5-10-23(2)18-7-6-8-19(15-18)24-11-9-16-12-20(26-3)21(27-4)13-17(16)14-22(24)25/h12-13,18-19H,5-11,14-15H2,1-4H3. The Bertz CT molecular complexity index is 661. The van der Waals surface area contributed by atoms with Crippen molar-refractivity contribution in [3.63, 3.8) is 0 Å². The lowest BCUT2D eigenvalue weighted by atomic mass is 9.88. The van der Waals surface area contributed by atoms with Crippen molar-refractivity contribution in [2.24, 2.45) is 0 Å². The van der Waals surface area contributed by atoms with Crippen molar-refractivity contribution in [3.05, 3.63) is 23.3 Å². The summed E-state index contributed by atoms with van der Waals surface area (Å²) in [6.07, 6.45) is 7.22. The Kier molecular flexibility index (Phi) is 6.64. The van der Waals surface area contributed by atoms with E-state index in [1.165, 1.54) is 24.8 Å². The summed E-state index contributed by atoms with van der Waals surface area (Å²) in [5, 5.41) is 0. The van der Waals surface area contributed by atoms with Gasteiger partial charge in [0, 0.05) is 18.6 Å². The summed E-state index contributed by atoms with van der Waals surface area (Å²) < 4.78 is 10.9. The topological polar surface area (TPSA) is 42.0 Å². The number of benzene rings is 1. The van der Waals surface area contributed by atoms with E-state index in [1.807, 2.05) is 12.1 Å². The van der Waals surface area contributed by atoms with Crippen LogP contribution in [0.15, 0.2) is 12.1 Å². The summed E-state index contributed by atoms with van der Waals surface area (Å²) in [5.74, 6) is 1.71. The van der Waals surface area contributed by atoms with Crippen molar-refractivity contribution in [2.75, 3.05) is 34.4 Å². The summed E-state index contributed by atoms with van der Waals surface area (Å²) in [7, 11) is 5.53. The summed E-state index contributed by atoms with van der Waals surface area (Å²) in [5.41, 5.74) is 2.29. The Balaban J connectivity index is 1.74. The van der Waals surface area contributed by atoms with Crippen molar-refractivity contribution >= 4 is 5.91 Å². The predicted molar refractivity (Wildman–Crippen MR) is 108 cm³/mol. The molecule has 0 spiro atoms. The van der Waals surface area contributed by atoms with E-state index in [0.29, 0.717) is 24.3 Å². The van der Waals surface area contributed by atoms with Gasteiger partial charge in [-0.25, -0.2) is 0 Å². The van der Waals surface area contributed by atoms with Gasteiger partial charge < -0.3 is 19.3 Å². The fraction of sp³-hybridized carbons (Fsp3) is 0.682. The van der Waals surface area contributed by atoms with Crippen LogP contribution < -0.4 is 9.47 Å². The van der Waals surface area contributed by atoms with Gasteiger partial charge in [0.25, 0.3) is 0 Å². The van der Waals surface area contributed by atoms with Crippen LogP contribution in [0.5, 0.6) is 11.5 Å². The second kappa shape index (κ2) is 8.96. The van der Waals surface area contributed by atoms with Crippen molar-refractivity contribution < 1.29 is 14.3 Å². The van der Waals surface area contributed by atoms with Crippen LogP contribution in [0.3, 0.4) is 0 Å². The van der Waals surface area contributed by atoms with E-state index in [1.54, 1.807) is 14.2 Å². The average molecular weight is 375 g/mol. The fourth-order valence-corrected chi connectivity index (χ4v) is 4.73. The van der Waals surface area contributed by atoms with Gasteiger partial charge in [-0.2, -0.15) is 0 Å². The van der Waals surface area contributed by atoms with Crippen LogP contribution in [0.1, 0.15) is 50.2 Å². The molecule has 1 aromatic rings. The van der Waals surface area contributed by atoms with E-state index < -0.39 is 0 Å². The molecule has 27 heavy (non-hydrogen) atoms. The van der Waals surface area contributed by atoms with Gasteiger partial charge in [-0.15, -0.1) is 0 Å². The zero-order chi connectivity index (χ0) is 19.4. The van der Waals surface area contributed by atoms with Crippen molar-refractivity contribution in [1.82, 2.24) is 9.80 Å². The molecule has 1 aromatic carbocycles. The van der Waals surface area contributed by atoms with Crippen LogP contribution in [0.2, 0.25) is 0 Å². The zero-order valence-corrected chi connectivity index (χ0v) is 17.3. The summed E-state index contributed by atoms with van der Waals surface area (Å²) in [6, 6.07) is 4.99. The van der Waals surface area contributed by atoms with E-state index in [9.17, 15) is 4.79 Å². The maximum atomic E-state index is 13.1. The predicted octanol–water partition coefficient (Wildman–Crippen LogP) is 3.28. The molecule has 0 saturated heterocycles. The van der Waals surface area contributed by atoms with E-state index >= 15 is 0 Å². The van der Waals surface area contributed by atoms with Crippen molar-refractivity contribution in [2.45, 2.75) is 64.0 Å². The van der Waals surface area contributed by atoms with E-state index in [-0.39, 0.29) is 5.91 Å². The summed E-state index contributed by atoms with van der Waals surface area (Å²) in [6.45, 7) is 4.17. The number of carbonyl (C=O) groups is 1. The quantitative estimate of drug-likeness (QED) is 0.766. The molecule has 1 saturated carbocycles. The zero-order valence-electron chi connectivity index (χ0n) is 17.3. The molecule has 5 nitrogen and oxygen atoms in total. The number of hydrogen-bond donors (Lipinski definition) is 0. The van der Waals surface area contributed by atoms with Gasteiger partial charge in [-0.1, -0.05) is 6.92 Å². The molecule has 1 aliphatic carbocycles. The second-order valence-electron chi connectivity index (χ2n) is 7.94. The van der Waals surface area contributed by atoms with Gasteiger partial charge >= 0.3 is 0 Å². The van der Waals surface area contributed by atoms with Crippen LogP contribution in [-0.4, -0.2) is 62.1 Å². The number of methoxy groups -OCH3 is 2. The Morgan fingerprint density at radius 2 is 1.85 bits per heavy atom. The molecule has 150 valence electrons. The highest BCUT2D eigenvalue weighted by atomic mass is 16.5. The molecule has 1 aliphatic heterocycles. The normalized spacial score (nSPS) is 23.1. The van der Waals surface area contributed by atoms with E-state index in [4.69, 9.17) is 9.47 Å². The van der Waals surface area contributed by atoms with Crippen LogP contribution in [-0.2, 0) is 17.6 Å². The summed E-state index contributed by atoms with van der Waals surface area (Å²) in [4.78, 5) is 17.7. The Hall–Kier alpha value is -1.75. The number of nitrogens with zero attached hydrogens (tertiary/aromatic N) is 2. The minimum Gasteiger partial charge on any atom is -0.493 e. The van der Waals surface area contributed by atoms with Gasteiger partial charge in [0.1, 0.15) is 0 Å². The minimum atomic E-state index is 0.254.